The molecule has 1 atom stereocenters. The van der Waals surface area contributed by atoms with Crippen molar-refractivity contribution < 1.29 is 28.6 Å². The molecule has 0 aliphatic carbocycles. The van der Waals surface area contributed by atoms with Gasteiger partial charge in [-0.1, -0.05) is 203 Å². The van der Waals surface area contributed by atoms with Crippen LogP contribution >= 0.6 is 0 Å². The Morgan fingerprint density at radius 1 is 0.333 bits per heavy atom. The molecule has 0 aromatic heterocycles. The molecule has 0 unspecified atom stereocenters. The third kappa shape index (κ3) is 49.7. The first-order valence-electron chi connectivity index (χ1n) is 26.4. The fourth-order valence-electron chi connectivity index (χ4n) is 7.17. The Bertz CT molecular complexity index is 1190. The van der Waals surface area contributed by atoms with Crippen LogP contribution in [0.3, 0.4) is 0 Å². The molecule has 6 heteroatoms. The second-order valence-corrected chi connectivity index (χ2v) is 17.4. The minimum absolute atomic E-state index is 0.0914. The molecule has 362 valence electrons. The second-order valence-electron chi connectivity index (χ2n) is 17.4. The van der Waals surface area contributed by atoms with E-state index in [1.807, 2.05) is 0 Å². The van der Waals surface area contributed by atoms with Crippen LogP contribution < -0.4 is 0 Å². The van der Waals surface area contributed by atoms with Crippen LogP contribution in [0.4, 0.5) is 0 Å². The average Bonchev–Trinajstić information content (AvgIpc) is 3.28. The molecule has 0 rings (SSSR count). The lowest BCUT2D eigenvalue weighted by Gasteiger charge is -2.18. The van der Waals surface area contributed by atoms with E-state index in [0.717, 1.165) is 128 Å². The molecule has 0 heterocycles. The highest BCUT2D eigenvalue weighted by Gasteiger charge is 2.19. The second kappa shape index (κ2) is 51.5. The van der Waals surface area contributed by atoms with Crippen molar-refractivity contribution in [1.82, 2.24) is 0 Å². The van der Waals surface area contributed by atoms with E-state index >= 15 is 0 Å². The fraction of sp³-hybridized carbons (Fsp3) is 0.737. The van der Waals surface area contributed by atoms with Gasteiger partial charge in [-0.15, -0.1) is 0 Å². The average molecular weight is 879 g/mol. The maximum absolute atomic E-state index is 12.8. The van der Waals surface area contributed by atoms with E-state index in [1.165, 1.54) is 83.5 Å². The molecule has 0 aromatic rings. The Hall–Kier alpha value is -3.15. The number of ether oxygens (including phenoxy) is 3. The van der Waals surface area contributed by atoms with Gasteiger partial charge in [0.15, 0.2) is 6.10 Å². The molecule has 6 nitrogen and oxygen atoms in total. The normalized spacial score (nSPS) is 12.6. The van der Waals surface area contributed by atoms with E-state index in [2.05, 4.69) is 93.7 Å². The highest BCUT2D eigenvalue weighted by atomic mass is 16.6. The van der Waals surface area contributed by atoms with E-state index in [0.29, 0.717) is 19.3 Å². The summed E-state index contributed by atoms with van der Waals surface area (Å²) in [7, 11) is 0. The van der Waals surface area contributed by atoms with Crippen LogP contribution in [0, 0.1) is 0 Å². The topological polar surface area (TPSA) is 78.9 Å². The van der Waals surface area contributed by atoms with E-state index in [1.54, 1.807) is 0 Å². The number of esters is 3. The molecule has 0 saturated carbocycles. The molecule has 0 bridgehead atoms. The van der Waals surface area contributed by atoms with E-state index in [4.69, 9.17) is 14.2 Å². The van der Waals surface area contributed by atoms with Crippen molar-refractivity contribution in [1.29, 1.82) is 0 Å². The first-order chi connectivity index (χ1) is 31.0. The van der Waals surface area contributed by atoms with Crippen LogP contribution in [-0.4, -0.2) is 37.2 Å². The van der Waals surface area contributed by atoms with Crippen molar-refractivity contribution in [3.8, 4) is 0 Å². The van der Waals surface area contributed by atoms with Crippen LogP contribution in [0.2, 0.25) is 0 Å². The Morgan fingerprint density at radius 2 is 0.635 bits per heavy atom. The largest absolute Gasteiger partial charge is 0.462 e. The summed E-state index contributed by atoms with van der Waals surface area (Å²) in [5, 5.41) is 0. The molecule has 0 aromatic carbocycles. The predicted molar refractivity (Wildman–Crippen MR) is 270 cm³/mol. The minimum atomic E-state index is -0.793. The maximum Gasteiger partial charge on any atom is 0.306 e. The fourth-order valence-corrected chi connectivity index (χ4v) is 7.17. The van der Waals surface area contributed by atoms with Crippen LogP contribution in [0.25, 0.3) is 0 Å². The highest BCUT2D eigenvalue weighted by molar-refractivity contribution is 5.71. The maximum atomic E-state index is 12.8. The Morgan fingerprint density at radius 3 is 1.03 bits per heavy atom. The van der Waals surface area contributed by atoms with Crippen molar-refractivity contribution >= 4 is 17.9 Å². The first kappa shape index (κ1) is 59.9. The van der Waals surface area contributed by atoms with Gasteiger partial charge in [0, 0.05) is 19.3 Å². The predicted octanol–water partition coefficient (Wildman–Crippen LogP) is 17.4. The Labute approximate surface area is 389 Å². The van der Waals surface area contributed by atoms with Gasteiger partial charge in [0.05, 0.1) is 0 Å². The molecule has 0 spiro atoms. The number of unbranched alkanes of at least 4 members (excludes halogenated alkanes) is 24. The van der Waals surface area contributed by atoms with Gasteiger partial charge in [-0.05, 0) is 103 Å². The molecule has 0 amide bonds. The first-order valence-corrected chi connectivity index (χ1v) is 26.4. The third-order valence-corrected chi connectivity index (χ3v) is 11.2. The van der Waals surface area contributed by atoms with Gasteiger partial charge >= 0.3 is 17.9 Å². The zero-order chi connectivity index (χ0) is 45.8. The van der Waals surface area contributed by atoms with E-state index in [9.17, 15) is 14.4 Å². The molecular weight excluding hydrogens is 781 g/mol. The van der Waals surface area contributed by atoms with Gasteiger partial charge in [0.1, 0.15) is 13.2 Å². The molecule has 0 aliphatic rings. The number of hydrogen-bond donors (Lipinski definition) is 0. The summed E-state index contributed by atoms with van der Waals surface area (Å²) in [6.07, 6.45) is 64.5. The van der Waals surface area contributed by atoms with Gasteiger partial charge < -0.3 is 14.2 Å². The number of carbonyl (C=O) groups is 3. The molecular formula is C57H98O6. The minimum Gasteiger partial charge on any atom is -0.462 e. The molecule has 0 radical (unpaired) electrons. The van der Waals surface area contributed by atoms with Gasteiger partial charge in [-0.3, -0.25) is 14.4 Å². The Kier molecular flexibility index (Phi) is 48.9. The van der Waals surface area contributed by atoms with E-state index < -0.39 is 6.10 Å². The third-order valence-electron chi connectivity index (χ3n) is 11.2. The van der Waals surface area contributed by atoms with Crippen molar-refractivity contribution in [2.45, 2.75) is 258 Å². The van der Waals surface area contributed by atoms with Crippen molar-refractivity contribution in [2.24, 2.45) is 0 Å². The summed E-state index contributed by atoms with van der Waals surface area (Å²) in [6, 6.07) is 0. The lowest BCUT2D eigenvalue weighted by molar-refractivity contribution is -0.167. The van der Waals surface area contributed by atoms with Gasteiger partial charge in [-0.25, -0.2) is 0 Å². The lowest BCUT2D eigenvalue weighted by Crippen LogP contribution is -2.30. The molecule has 0 saturated heterocycles. The van der Waals surface area contributed by atoms with E-state index in [-0.39, 0.29) is 31.1 Å². The number of allylic oxidation sites excluding steroid dienone is 12. The zero-order valence-electron chi connectivity index (χ0n) is 41.3. The SMILES string of the molecule is CC/C=C\C/C=C\C/C=C\CCCCCCCC(=O)O[C@H](COC(=O)CCCCCCC/C=C\C/C=C\CCCC)COC(=O)CCCCCCC/C=C\CCCCCCCCC. The summed E-state index contributed by atoms with van der Waals surface area (Å²) in [6.45, 7) is 6.45. The van der Waals surface area contributed by atoms with Gasteiger partial charge in [0.25, 0.3) is 0 Å². The molecule has 0 aliphatic heterocycles. The highest BCUT2D eigenvalue weighted by Crippen LogP contribution is 2.14. The number of hydrogen-bond acceptors (Lipinski definition) is 6. The molecule has 0 N–H and O–H groups in total. The quantitative estimate of drug-likeness (QED) is 0.0262. The monoisotopic (exact) mass is 879 g/mol. The lowest BCUT2D eigenvalue weighted by atomic mass is 10.1. The standard InChI is InChI=1S/C57H98O6/c1-4-7-10-13-16-19-22-25-28-30-32-35-38-41-44-47-50-56(59)62-53-54(52-61-55(58)49-46-43-40-37-34-31-27-24-21-18-15-12-9-6-3)63-57(60)51-48-45-42-39-36-33-29-26-23-20-17-14-11-8-5-2/h8,11,15,17-18,20,24,26-30,54H,4-7,9-10,12-14,16,19,21-23,25,31-53H2,1-3H3/b11-8-,18-15-,20-17-,27-24-,29-26-,30-28-/t54-/m1/s1. The van der Waals surface area contributed by atoms with Gasteiger partial charge in [-0.2, -0.15) is 0 Å². The van der Waals surface area contributed by atoms with Crippen LogP contribution in [0.1, 0.15) is 252 Å². The smallest absolute Gasteiger partial charge is 0.306 e. The number of carbonyl (C=O) groups excluding carboxylic acids is 3. The van der Waals surface area contributed by atoms with Crippen LogP contribution in [0.15, 0.2) is 72.9 Å². The molecule has 0 fully saturated rings. The summed E-state index contributed by atoms with van der Waals surface area (Å²) >= 11 is 0. The Balaban J connectivity index is 4.44. The van der Waals surface area contributed by atoms with Crippen molar-refractivity contribution in [3.05, 3.63) is 72.9 Å². The van der Waals surface area contributed by atoms with Crippen molar-refractivity contribution in [3.63, 3.8) is 0 Å². The number of rotatable bonds is 47. The van der Waals surface area contributed by atoms with Crippen LogP contribution in [0.5, 0.6) is 0 Å². The summed E-state index contributed by atoms with van der Waals surface area (Å²) in [5.74, 6) is -0.928. The summed E-state index contributed by atoms with van der Waals surface area (Å²) in [4.78, 5) is 38.0. The summed E-state index contributed by atoms with van der Waals surface area (Å²) in [5.41, 5.74) is 0. The van der Waals surface area contributed by atoms with Crippen LogP contribution in [-0.2, 0) is 28.6 Å². The van der Waals surface area contributed by atoms with Crippen molar-refractivity contribution in [2.75, 3.05) is 13.2 Å². The summed E-state index contributed by atoms with van der Waals surface area (Å²) < 4.78 is 16.8. The molecule has 63 heavy (non-hydrogen) atoms. The van der Waals surface area contributed by atoms with Gasteiger partial charge in [0.2, 0.25) is 0 Å². The zero-order valence-corrected chi connectivity index (χ0v) is 41.3.